The molecule has 3 heterocycles. The van der Waals surface area contributed by atoms with Gasteiger partial charge < -0.3 is 24.8 Å². The Bertz CT molecular complexity index is 1120. The van der Waals surface area contributed by atoms with Gasteiger partial charge in [0.2, 0.25) is 5.91 Å². The Morgan fingerprint density at radius 3 is 2.50 bits per heavy atom. The van der Waals surface area contributed by atoms with Gasteiger partial charge in [0.1, 0.15) is 12.1 Å². The number of likely N-dealkylation sites (N-methyl/N-ethyl adjacent to an activating group) is 1. The summed E-state index contributed by atoms with van der Waals surface area (Å²) in [5, 5.41) is 3.49. The van der Waals surface area contributed by atoms with Crippen molar-refractivity contribution >= 4 is 47.2 Å². The first kappa shape index (κ1) is 26.4. The minimum atomic E-state index is -0.261. The van der Waals surface area contributed by atoms with Crippen molar-refractivity contribution in [1.82, 2.24) is 15.1 Å². The van der Waals surface area contributed by atoms with E-state index in [2.05, 4.69) is 22.2 Å². The second-order valence-electron chi connectivity index (χ2n) is 9.38. The third-order valence-electron chi connectivity index (χ3n) is 6.61. The molecule has 0 bridgehead atoms. The van der Waals surface area contributed by atoms with Gasteiger partial charge in [-0.05, 0) is 49.9 Å². The fourth-order valence-electron chi connectivity index (χ4n) is 4.90. The number of hydrogen-bond donors (Lipinski definition) is 1. The quantitative estimate of drug-likeness (QED) is 0.470. The van der Waals surface area contributed by atoms with E-state index in [4.69, 9.17) is 11.6 Å². The van der Waals surface area contributed by atoms with Crippen molar-refractivity contribution in [2.24, 2.45) is 0 Å². The number of carbonyl (C=O) groups excluding carboxylic acids is 3. The van der Waals surface area contributed by atoms with Crippen molar-refractivity contribution in [2.45, 2.75) is 23.3 Å². The molecule has 3 aliphatic heterocycles. The average Bonchev–Trinajstić information content (AvgIpc) is 3.24. The monoisotopic (exact) mass is 532 g/mol. The number of thioether (sulfide) groups is 1. The number of halogens is 2. The molecular weight excluding hydrogens is 503 g/mol. The molecular formula is C26H30ClFN4O3S. The molecule has 7 nitrogen and oxygen atoms in total. The van der Waals surface area contributed by atoms with E-state index in [1.54, 1.807) is 29.2 Å². The number of amides is 2. The molecule has 192 valence electrons. The normalized spacial score (nSPS) is 18.8. The van der Waals surface area contributed by atoms with Crippen LogP contribution in [0.2, 0.25) is 5.02 Å². The minimum Gasteiger partial charge on any atom is -0.368 e. The summed E-state index contributed by atoms with van der Waals surface area (Å²) in [4.78, 5) is 40.9. The van der Waals surface area contributed by atoms with Crippen LogP contribution >= 0.6 is 23.4 Å². The van der Waals surface area contributed by atoms with E-state index in [9.17, 15) is 18.8 Å². The van der Waals surface area contributed by atoms with Crippen LogP contribution in [0.15, 0.2) is 47.4 Å². The second kappa shape index (κ2) is 11.6. The van der Waals surface area contributed by atoms with E-state index < -0.39 is 0 Å². The zero-order valence-electron chi connectivity index (χ0n) is 20.2. The molecule has 0 radical (unpaired) electrons. The van der Waals surface area contributed by atoms with Crippen molar-refractivity contribution in [3.63, 3.8) is 0 Å². The lowest BCUT2D eigenvalue weighted by Gasteiger charge is -2.45. The lowest BCUT2D eigenvalue weighted by molar-refractivity contribution is -0.120. The van der Waals surface area contributed by atoms with Crippen LogP contribution in [0.3, 0.4) is 0 Å². The summed E-state index contributed by atoms with van der Waals surface area (Å²) in [5.74, 6) is 0.226. The third kappa shape index (κ3) is 6.38. The Hall–Kier alpha value is -2.62. The van der Waals surface area contributed by atoms with Crippen LogP contribution in [-0.4, -0.2) is 85.5 Å². The summed E-state index contributed by atoms with van der Waals surface area (Å²) in [6.07, 6.45) is 2.59. The van der Waals surface area contributed by atoms with Crippen LogP contribution in [-0.2, 0) is 9.59 Å². The van der Waals surface area contributed by atoms with Crippen molar-refractivity contribution < 1.29 is 18.8 Å². The van der Waals surface area contributed by atoms with Gasteiger partial charge in [-0.25, -0.2) is 4.39 Å². The average molecular weight is 533 g/mol. The Balaban J connectivity index is 0.000000251. The number of nitrogens with zero attached hydrogens (tertiary/aromatic N) is 3. The number of anilines is 1. The number of rotatable bonds is 5. The summed E-state index contributed by atoms with van der Waals surface area (Å²) < 4.78 is 13.4. The highest BCUT2D eigenvalue weighted by atomic mass is 35.5. The third-order valence-corrected chi connectivity index (χ3v) is 8.00. The summed E-state index contributed by atoms with van der Waals surface area (Å²) in [7, 11) is 2.08. The molecule has 3 aliphatic rings. The maximum absolute atomic E-state index is 13.4. The van der Waals surface area contributed by atoms with Gasteiger partial charge in [-0.3, -0.25) is 9.59 Å². The molecule has 2 amide bonds. The van der Waals surface area contributed by atoms with E-state index >= 15 is 0 Å². The Morgan fingerprint density at radius 1 is 1.17 bits per heavy atom. The Labute approximate surface area is 219 Å². The lowest BCUT2D eigenvalue weighted by Crippen LogP contribution is -2.65. The lowest BCUT2D eigenvalue weighted by atomic mass is 9.89. The fraction of sp³-hybridized carbons (Fsp3) is 0.423. The molecule has 0 unspecified atom stereocenters. The molecule has 2 aromatic carbocycles. The molecule has 1 spiro atoms. The van der Waals surface area contributed by atoms with Gasteiger partial charge in [-0.2, -0.15) is 0 Å². The summed E-state index contributed by atoms with van der Waals surface area (Å²) >= 11 is 7.55. The van der Waals surface area contributed by atoms with Crippen LogP contribution in [0.1, 0.15) is 23.2 Å². The van der Waals surface area contributed by atoms with Gasteiger partial charge >= 0.3 is 0 Å². The molecule has 3 saturated heterocycles. The molecule has 2 aromatic rings. The first-order chi connectivity index (χ1) is 17.3. The fourth-order valence-corrected chi connectivity index (χ4v) is 5.85. The van der Waals surface area contributed by atoms with E-state index in [0.29, 0.717) is 42.5 Å². The first-order valence-electron chi connectivity index (χ1n) is 11.9. The Morgan fingerprint density at radius 2 is 1.92 bits per heavy atom. The molecule has 0 atom stereocenters. The zero-order chi connectivity index (χ0) is 25.7. The number of hydrogen-bond acceptors (Lipinski definition) is 6. The molecule has 0 aromatic heterocycles. The molecule has 5 rings (SSSR count). The van der Waals surface area contributed by atoms with Gasteiger partial charge in [-0.15, -0.1) is 11.8 Å². The highest BCUT2D eigenvalue weighted by molar-refractivity contribution is 8.00. The van der Waals surface area contributed by atoms with E-state index in [1.807, 2.05) is 6.07 Å². The van der Waals surface area contributed by atoms with Crippen LogP contribution in [0.25, 0.3) is 0 Å². The molecule has 0 saturated carbocycles. The van der Waals surface area contributed by atoms with Crippen LogP contribution < -0.4 is 10.2 Å². The van der Waals surface area contributed by atoms with Crippen molar-refractivity contribution in [1.29, 1.82) is 0 Å². The highest BCUT2D eigenvalue weighted by Gasteiger charge is 2.45. The standard InChI is InChI=1S/C19H18ClFN2O2S.C7H12N2O/c20-17-12-14(4-5-18(17)26-11-10-24)19(25)23-8-6-22(7-9-23)16-3-1-2-15(21)13-16;1-9-4-7(5-9)3-2-6(10)8-7/h1-5,10,12-13H,6-9,11H2;2-5H2,1H3,(H,8,10). The number of carbonyl (C=O) groups is 3. The topological polar surface area (TPSA) is 73.0 Å². The predicted molar refractivity (Wildman–Crippen MR) is 140 cm³/mol. The smallest absolute Gasteiger partial charge is 0.254 e. The van der Waals surface area contributed by atoms with Crippen molar-refractivity contribution in [3.05, 3.63) is 58.9 Å². The minimum absolute atomic E-state index is 0.0715. The zero-order valence-corrected chi connectivity index (χ0v) is 21.8. The number of aldehydes is 1. The molecule has 0 aliphatic carbocycles. The van der Waals surface area contributed by atoms with Crippen molar-refractivity contribution in [3.8, 4) is 0 Å². The largest absolute Gasteiger partial charge is 0.368 e. The number of benzene rings is 2. The summed E-state index contributed by atoms with van der Waals surface area (Å²) in [5.41, 5.74) is 1.55. The predicted octanol–water partition coefficient (Wildman–Crippen LogP) is 3.31. The second-order valence-corrected chi connectivity index (χ2v) is 10.9. The molecule has 3 fully saturated rings. The number of nitrogens with one attached hydrogen (secondary N) is 1. The van der Waals surface area contributed by atoms with E-state index in [1.165, 1.54) is 23.9 Å². The number of piperazine rings is 1. The van der Waals surface area contributed by atoms with Gasteiger partial charge in [0.15, 0.2) is 0 Å². The SMILES string of the molecule is CN1CC2(CCC(=O)N2)C1.O=CCSc1ccc(C(=O)N2CCN(c3cccc(F)c3)CC2)cc1Cl. The maximum atomic E-state index is 13.4. The maximum Gasteiger partial charge on any atom is 0.254 e. The van der Waals surface area contributed by atoms with Gasteiger partial charge in [-0.1, -0.05) is 17.7 Å². The van der Waals surface area contributed by atoms with Gasteiger partial charge in [0.05, 0.1) is 16.3 Å². The Kier molecular flexibility index (Phi) is 8.54. The van der Waals surface area contributed by atoms with Gasteiger partial charge in [0.25, 0.3) is 5.91 Å². The van der Waals surface area contributed by atoms with E-state index in [0.717, 1.165) is 42.8 Å². The van der Waals surface area contributed by atoms with Crippen LogP contribution in [0.4, 0.5) is 10.1 Å². The number of likely N-dealkylation sites (tertiary alicyclic amines) is 1. The van der Waals surface area contributed by atoms with Gasteiger partial charge in [0, 0.05) is 61.8 Å². The highest BCUT2D eigenvalue weighted by Crippen LogP contribution is 2.29. The first-order valence-corrected chi connectivity index (χ1v) is 13.3. The van der Waals surface area contributed by atoms with Crippen LogP contribution in [0.5, 0.6) is 0 Å². The van der Waals surface area contributed by atoms with Crippen molar-refractivity contribution in [2.75, 3.05) is 57.0 Å². The van der Waals surface area contributed by atoms with Crippen LogP contribution in [0, 0.1) is 5.82 Å². The summed E-state index contributed by atoms with van der Waals surface area (Å²) in [6, 6.07) is 11.6. The molecule has 10 heteroatoms. The molecule has 36 heavy (non-hydrogen) atoms. The summed E-state index contributed by atoms with van der Waals surface area (Å²) in [6.45, 7) is 4.51. The molecule has 1 N–H and O–H groups in total. The van der Waals surface area contributed by atoms with E-state index in [-0.39, 0.29) is 23.2 Å².